The van der Waals surface area contributed by atoms with Crippen LogP contribution in [0.25, 0.3) is 0 Å². The molecule has 6 nitrogen and oxygen atoms in total. The molecule has 1 amide bonds. The van der Waals surface area contributed by atoms with E-state index in [-0.39, 0.29) is 23.7 Å². The van der Waals surface area contributed by atoms with Crippen molar-refractivity contribution in [1.29, 1.82) is 0 Å². The molecule has 1 aromatic rings. The van der Waals surface area contributed by atoms with E-state index in [9.17, 15) is 17.6 Å². The number of carbonyl (C=O) groups excluding carboxylic acids is 1. The molecule has 1 N–H and O–H groups in total. The summed E-state index contributed by atoms with van der Waals surface area (Å²) in [6.07, 6.45) is 2.88. The maximum atomic E-state index is 13.0. The number of rotatable bonds is 5. The zero-order valence-electron chi connectivity index (χ0n) is 15.0. The summed E-state index contributed by atoms with van der Waals surface area (Å²) < 4.78 is 41.2. The lowest BCUT2D eigenvalue weighted by Gasteiger charge is -2.33. The van der Waals surface area contributed by atoms with Crippen LogP contribution in [0.3, 0.4) is 0 Å². The Morgan fingerprint density at radius 1 is 1.08 bits per heavy atom. The number of hydrogen-bond acceptors (Lipinski definition) is 3. The molecule has 3 rings (SSSR count). The Hall–Kier alpha value is -1.51. The molecular weight excluding hydrogens is 357 g/mol. The maximum Gasteiger partial charge on any atom is 0.281 e. The quantitative estimate of drug-likeness (QED) is 0.846. The number of piperidine rings is 1. The molecule has 0 saturated carbocycles. The van der Waals surface area contributed by atoms with E-state index in [1.54, 1.807) is 16.4 Å². The van der Waals surface area contributed by atoms with E-state index in [0.717, 1.165) is 18.4 Å². The van der Waals surface area contributed by atoms with Crippen molar-refractivity contribution in [3.63, 3.8) is 0 Å². The van der Waals surface area contributed by atoms with Crippen LogP contribution in [0.15, 0.2) is 24.3 Å². The molecule has 144 valence electrons. The molecule has 0 unspecified atom stereocenters. The Bertz CT molecular complexity index is 725. The molecule has 26 heavy (non-hydrogen) atoms. The van der Waals surface area contributed by atoms with Gasteiger partial charge >= 0.3 is 0 Å². The third kappa shape index (κ3) is 4.24. The van der Waals surface area contributed by atoms with Crippen LogP contribution in [-0.2, 0) is 15.0 Å². The monoisotopic (exact) mass is 383 g/mol. The minimum Gasteiger partial charge on any atom is -0.349 e. The van der Waals surface area contributed by atoms with E-state index in [2.05, 4.69) is 5.32 Å². The number of nitrogens with one attached hydrogen (secondary N) is 1. The second kappa shape index (κ2) is 8.02. The lowest BCUT2D eigenvalue weighted by molar-refractivity contribution is -0.126. The van der Waals surface area contributed by atoms with Gasteiger partial charge < -0.3 is 5.32 Å². The SMILES string of the molecule is C[C@H](NC(=O)C1CCN(S(=O)(=O)N2CCCC2)CC1)c1ccc(F)cc1. The molecule has 0 spiro atoms. The van der Waals surface area contributed by atoms with Gasteiger partial charge in [0.05, 0.1) is 6.04 Å². The van der Waals surface area contributed by atoms with Crippen LogP contribution in [0.4, 0.5) is 4.39 Å². The Morgan fingerprint density at radius 2 is 1.62 bits per heavy atom. The normalized spacial score (nSPS) is 21.6. The smallest absolute Gasteiger partial charge is 0.281 e. The summed E-state index contributed by atoms with van der Waals surface area (Å²) >= 11 is 0. The van der Waals surface area contributed by atoms with Crippen LogP contribution >= 0.6 is 0 Å². The predicted molar refractivity (Wildman–Crippen MR) is 97.0 cm³/mol. The summed E-state index contributed by atoms with van der Waals surface area (Å²) in [7, 11) is -3.38. The van der Waals surface area contributed by atoms with E-state index < -0.39 is 10.2 Å². The zero-order valence-corrected chi connectivity index (χ0v) is 15.8. The van der Waals surface area contributed by atoms with Crippen molar-refractivity contribution < 1.29 is 17.6 Å². The number of carbonyl (C=O) groups is 1. The summed E-state index contributed by atoms with van der Waals surface area (Å²) in [5.41, 5.74) is 0.841. The minimum absolute atomic E-state index is 0.0694. The van der Waals surface area contributed by atoms with Crippen LogP contribution in [0, 0.1) is 11.7 Å². The molecule has 2 aliphatic heterocycles. The fraction of sp³-hybridized carbons (Fsp3) is 0.611. The lowest BCUT2D eigenvalue weighted by atomic mass is 9.96. The third-order valence-corrected chi connectivity index (χ3v) is 7.31. The summed E-state index contributed by atoms with van der Waals surface area (Å²) in [5.74, 6) is -0.568. The van der Waals surface area contributed by atoms with Gasteiger partial charge in [0.25, 0.3) is 10.2 Å². The largest absolute Gasteiger partial charge is 0.349 e. The van der Waals surface area contributed by atoms with Gasteiger partial charge in [0, 0.05) is 32.1 Å². The van der Waals surface area contributed by atoms with Gasteiger partial charge in [0.1, 0.15) is 5.82 Å². The highest BCUT2D eigenvalue weighted by Gasteiger charge is 2.35. The molecule has 1 atom stereocenters. The van der Waals surface area contributed by atoms with Crippen molar-refractivity contribution in [1.82, 2.24) is 13.9 Å². The minimum atomic E-state index is -3.38. The topological polar surface area (TPSA) is 69.7 Å². The van der Waals surface area contributed by atoms with E-state index in [1.165, 1.54) is 16.4 Å². The molecule has 2 saturated heterocycles. The molecular formula is C18H26FN3O3S. The van der Waals surface area contributed by atoms with Crippen LogP contribution in [-0.4, -0.2) is 49.1 Å². The van der Waals surface area contributed by atoms with Crippen molar-refractivity contribution in [3.05, 3.63) is 35.6 Å². The second-order valence-electron chi connectivity index (χ2n) is 7.07. The van der Waals surface area contributed by atoms with E-state index >= 15 is 0 Å². The molecule has 0 aliphatic carbocycles. The van der Waals surface area contributed by atoms with Crippen LogP contribution in [0.1, 0.15) is 44.2 Å². The fourth-order valence-electron chi connectivity index (χ4n) is 3.60. The standard InChI is InChI=1S/C18H26FN3O3S/c1-14(15-4-6-17(19)7-5-15)20-18(23)16-8-12-22(13-9-16)26(24,25)21-10-2-3-11-21/h4-7,14,16H,2-3,8-13H2,1H3,(H,20,23)/t14-/m0/s1. The van der Waals surface area contributed by atoms with Crippen molar-refractivity contribution in [2.75, 3.05) is 26.2 Å². The van der Waals surface area contributed by atoms with E-state index in [0.29, 0.717) is 39.0 Å². The van der Waals surface area contributed by atoms with Gasteiger partial charge in [0.15, 0.2) is 0 Å². The molecule has 8 heteroatoms. The Morgan fingerprint density at radius 3 is 2.19 bits per heavy atom. The number of nitrogens with zero attached hydrogens (tertiary/aromatic N) is 2. The van der Waals surface area contributed by atoms with E-state index in [4.69, 9.17) is 0 Å². The predicted octanol–water partition coefficient (Wildman–Crippen LogP) is 2.06. The average molecular weight is 383 g/mol. The molecule has 0 aromatic heterocycles. The summed E-state index contributed by atoms with van der Waals surface area (Å²) in [6.45, 7) is 3.80. The first-order valence-corrected chi connectivity index (χ1v) is 10.6. The zero-order chi connectivity index (χ0) is 18.7. The number of amides is 1. The van der Waals surface area contributed by atoms with Gasteiger partial charge in [-0.15, -0.1) is 0 Å². The Labute approximate surface area is 154 Å². The third-order valence-electron chi connectivity index (χ3n) is 5.27. The molecule has 2 aliphatic rings. The molecule has 2 heterocycles. The van der Waals surface area contributed by atoms with Gasteiger partial charge in [-0.3, -0.25) is 4.79 Å². The van der Waals surface area contributed by atoms with Crippen LogP contribution < -0.4 is 5.32 Å². The fourth-order valence-corrected chi connectivity index (χ4v) is 5.32. The number of benzene rings is 1. The first-order valence-electron chi connectivity index (χ1n) is 9.19. The first kappa shape index (κ1) is 19.3. The van der Waals surface area contributed by atoms with Gasteiger partial charge in [0.2, 0.25) is 5.91 Å². The highest BCUT2D eigenvalue weighted by molar-refractivity contribution is 7.86. The van der Waals surface area contributed by atoms with Crippen molar-refractivity contribution in [2.24, 2.45) is 5.92 Å². The van der Waals surface area contributed by atoms with Gasteiger partial charge in [-0.2, -0.15) is 17.0 Å². The van der Waals surface area contributed by atoms with Gasteiger partial charge in [-0.1, -0.05) is 12.1 Å². The maximum absolute atomic E-state index is 13.0. The van der Waals surface area contributed by atoms with Crippen molar-refractivity contribution in [3.8, 4) is 0 Å². The van der Waals surface area contributed by atoms with E-state index in [1.807, 2.05) is 6.92 Å². The Kier molecular flexibility index (Phi) is 5.94. The highest BCUT2D eigenvalue weighted by atomic mass is 32.2. The average Bonchev–Trinajstić information content (AvgIpc) is 3.18. The van der Waals surface area contributed by atoms with Crippen molar-refractivity contribution >= 4 is 16.1 Å². The lowest BCUT2D eigenvalue weighted by Crippen LogP contribution is -2.48. The van der Waals surface area contributed by atoms with Gasteiger partial charge in [-0.05, 0) is 50.3 Å². The highest BCUT2D eigenvalue weighted by Crippen LogP contribution is 2.24. The number of hydrogen-bond donors (Lipinski definition) is 1. The molecule has 0 radical (unpaired) electrons. The van der Waals surface area contributed by atoms with Crippen LogP contribution in [0.5, 0.6) is 0 Å². The first-order chi connectivity index (χ1) is 12.4. The molecule has 2 fully saturated rings. The number of halogens is 1. The van der Waals surface area contributed by atoms with Crippen LogP contribution in [0.2, 0.25) is 0 Å². The molecule has 0 bridgehead atoms. The summed E-state index contributed by atoms with van der Waals surface area (Å²) in [4.78, 5) is 12.5. The summed E-state index contributed by atoms with van der Waals surface area (Å²) in [6, 6.07) is 5.85. The van der Waals surface area contributed by atoms with Gasteiger partial charge in [-0.25, -0.2) is 4.39 Å². The van der Waals surface area contributed by atoms with Crippen molar-refractivity contribution in [2.45, 2.75) is 38.6 Å². The Balaban J connectivity index is 1.52. The molecule has 1 aromatic carbocycles. The summed E-state index contributed by atoms with van der Waals surface area (Å²) in [5, 5.41) is 2.95. The second-order valence-corrected chi connectivity index (χ2v) is 9.00.